The molecule has 1 aliphatic heterocycles. The summed E-state index contributed by atoms with van der Waals surface area (Å²) in [6.07, 6.45) is 2.64. The van der Waals surface area contributed by atoms with E-state index in [1.54, 1.807) is 19.2 Å². The van der Waals surface area contributed by atoms with E-state index in [0.29, 0.717) is 17.7 Å². The van der Waals surface area contributed by atoms with Gasteiger partial charge in [-0.3, -0.25) is 4.90 Å². The highest BCUT2D eigenvalue weighted by molar-refractivity contribution is 5.89. The molecule has 0 aliphatic carbocycles. The summed E-state index contributed by atoms with van der Waals surface area (Å²) in [6.45, 7) is 6.84. The van der Waals surface area contributed by atoms with Crippen LogP contribution in [0, 0.1) is 11.3 Å². The smallest absolute Gasteiger partial charge is 0.339 e. The van der Waals surface area contributed by atoms with Crippen molar-refractivity contribution in [1.82, 2.24) is 9.88 Å². The molecule has 1 fully saturated rings. The number of hydrogen-bond donors (Lipinski definition) is 0. The average Bonchev–Trinajstić information content (AvgIpc) is 2.94. The number of benzene rings is 1. The molecule has 0 bridgehead atoms. The molecule has 0 spiro atoms. The van der Waals surface area contributed by atoms with Crippen LogP contribution in [-0.2, 0) is 11.3 Å². The van der Waals surface area contributed by atoms with Crippen molar-refractivity contribution >= 4 is 11.8 Å². The number of ether oxygens (including phenoxy) is 1. The third-order valence-electron chi connectivity index (χ3n) is 4.66. The number of rotatable bonds is 5. The quantitative estimate of drug-likeness (QED) is 0.760. The van der Waals surface area contributed by atoms with Crippen LogP contribution in [0.5, 0.6) is 0 Å². The van der Waals surface area contributed by atoms with Crippen LogP contribution in [0.3, 0.4) is 0 Å². The van der Waals surface area contributed by atoms with E-state index in [2.05, 4.69) is 20.9 Å². The zero-order valence-electron chi connectivity index (χ0n) is 15.6. The Kier molecular flexibility index (Phi) is 6.39. The molecule has 1 aromatic carbocycles. The Hall–Kier alpha value is -2.91. The minimum Gasteiger partial charge on any atom is -0.462 e. The minimum absolute atomic E-state index is 0.332. The lowest BCUT2D eigenvalue weighted by molar-refractivity contribution is 0.0526. The van der Waals surface area contributed by atoms with E-state index in [9.17, 15) is 4.79 Å². The van der Waals surface area contributed by atoms with Gasteiger partial charge in [-0.15, -0.1) is 0 Å². The molecule has 0 atom stereocenters. The van der Waals surface area contributed by atoms with Gasteiger partial charge in [-0.1, -0.05) is 12.1 Å². The fourth-order valence-electron chi connectivity index (χ4n) is 3.21. The van der Waals surface area contributed by atoms with Gasteiger partial charge in [0.2, 0.25) is 0 Å². The maximum Gasteiger partial charge on any atom is 0.339 e. The van der Waals surface area contributed by atoms with Crippen molar-refractivity contribution in [3.63, 3.8) is 0 Å². The van der Waals surface area contributed by atoms with Crippen LogP contribution in [0.2, 0.25) is 0 Å². The Morgan fingerprint density at radius 3 is 2.63 bits per heavy atom. The highest BCUT2D eigenvalue weighted by Crippen LogP contribution is 2.16. The number of carbonyl (C=O) groups excluding carboxylic acids is 1. The summed E-state index contributed by atoms with van der Waals surface area (Å²) in [6, 6.07) is 13.6. The standard InChI is InChI=1S/C21H24N4O2/c1-2-27-21(26)19-8-9-20(23-15-19)25-11-3-10-24(12-13-25)16-18-6-4-17(14-22)5-7-18/h4-9,15H,2-3,10-13,16H2,1H3. The van der Waals surface area contributed by atoms with Crippen molar-refractivity contribution in [2.75, 3.05) is 37.7 Å². The number of pyridine rings is 1. The van der Waals surface area contributed by atoms with Gasteiger partial charge >= 0.3 is 5.97 Å². The van der Waals surface area contributed by atoms with Crippen LogP contribution in [0.25, 0.3) is 0 Å². The lowest BCUT2D eigenvalue weighted by atomic mass is 10.1. The first-order chi connectivity index (χ1) is 13.2. The molecule has 1 saturated heterocycles. The van der Waals surface area contributed by atoms with Gasteiger partial charge in [0, 0.05) is 38.9 Å². The highest BCUT2D eigenvalue weighted by atomic mass is 16.5. The summed E-state index contributed by atoms with van der Waals surface area (Å²) in [7, 11) is 0. The van der Waals surface area contributed by atoms with E-state index in [4.69, 9.17) is 10.00 Å². The molecule has 0 radical (unpaired) electrons. The fraction of sp³-hybridized carbons (Fsp3) is 0.381. The largest absolute Gasteiger partial charge is 0.462 e. The molecular formula is C21H24N4O2. The second-order valence-electron chi connectivity index (χ2n) is 6.55. The third-order valence-corrected chi connectivity index (χ3v) is 4.66. The van der Waals surface area contributed by atoms with Gasteiger partial charge in [-0.2, -0.15) is 5.26 Å². The van der Waals surface area contributed by atoms with Crippen LogP contribution in [0.15, 0.2) is 42.6 Å². The molecule has 2 aromatic rings. The highest BCUT2D eigenvalue weighted by Gasteiger charge is 2.17. The molecule has 0 N–H and O–H groups in total. The third kappa shape index (κ3) is 5.05. The monoisotopic (exact) mass is 364 g/mol. The molecule has 2 heterocycles. The summed E-state index contributed by atoms with van der Waals surface area (Å²) >= 11 is 0. The van der Waals surface area contributed by atoms with Crippen LogP contribution in [-0.4, -0.2) is 48.6 Å². The Morgan fingerprint density at radius 1 is 1.15 bits per heavy atom. The predicted molar refractivity (Wildman–Crippen MR) is 103 cm³/mol. The first-order valence-corrected chi connectivity index (χ1v) is 9.29. The maximum atomic E-state index is 11.7. The SMILES string of the molecule is CCOC(=O)c1ccc(N2CCCN(Cc3ccc(C#N)cc3)CC2)nc1. The van der Waals surface area contributed by atoms with E-state index in [0.717, 1.165) is 45.0 Å². The van der Waals surface area contributed by atoms with Crippen molar-refractivity contribution in [3.8, 4) is 6.07 Å². The molecule has 3 rings (SSSR count). The van der Waals surface area contributed by atoms with Crippen LogP contribution in [0.1, 0.15) is 34.8 Å². The van der Waals surface area contributed by atoms with Crippen molar-refractivity contribution in [1.29, 1.82) is 5.26 Å². The van der Waals surface area contributed by atoms with Gasteiger partial charge in [-0.25, -0.2) is 9.78 Å². The Balaban J connectivity index is 1.57. The van der Waals surface area contributed by atoms with Crippen molar-refractivity contribution < 1.29 is 9.53 Å². The van der Waals surface area contributed by atoms with E-state index in [-0.39, 0.29) is 5.97 Å². The summed E-state index contributed by atoms with van der Waals surface area (Å²) < 4.78 is 5.00. The number of esters is 1. The zero-order chi connectivity index (χ0) is 19.1. The van der Waals surface area contributed by atoms with Crippen molar-refractivity contribution in [3.05, 3.63) is 59.3 Å². The fourth-order valence-corrected chi connectivity index (χ4v) is 3.21. The number of nitrogens with zero attached hydrogens (tertiary/aromatic N) is 4. The average molecular weight is 364 g/mol. The van der Waals surface area contributed by atoms with Gasteiger partial charge in [0.1, 0.15) is 5.82 Å². The molecule has 140 valence electrons. The van der Waals surface area contributed by atoms with Gasteiger partial charge in [0.05, 0.1) is 23.8 Å². The summed E-state index contributed by atoms with van der Waals surface area (Å²) in [5.41, 5.74) is 2.40. The van der Waals surface area contributed by atoms with E-state index in [1.807, 2.05) is 30.3 Å². The predicted octanol–water partition coefficient (Wildman–Crippen LogP) is 2.84. The molecule has 0 saturated carbocycles. The Morgan fingerprint density at radius 2 is 1.96 bits per heavy atom. The Bertz CT molecular complexity index is 796. The Labute approximate surface area is 160 Å². The topological polar surface area (TPSA) is 69.5 Å². The first kappa shape index (κ1) is 18.9. The van der Waals surface area contributed by atoms with Crippen LogP contribution < -0.4 is 4.90 Å². The van der Waals surface area contributed by atoms with Crippen molar-refractivity contribution in [2.24, 2.45) is 0 Å². The number of nitriles is 1. The van der Waals surface area contributed by atoms with Gasteiger partial charge < -0.3 is 9.64 Å². The second kappa shape index (κ2) is 9.15. The molecule has 6 heteroatoms. The first-order valence-electron chi connectivity index (χ1n) is 9.29. The molecule has 0 amide bonds. The number of hydrogen-bond acceptors (Lipinski definition) is 6. The zero-order valence-corrected chi connectivity index (χ0v) is 15.6. The number of anilines is 1. The summed E-state index contributed by atoms with van der Waals surface area (Å²) in [5.74, 6) is 0.560. The summed E-state index contributed by atoms with van der Waals surface area (Å²) in [4.78, 5) is 20.9. The molecule has 1 aliphatic rings. The summed E-state index contributed by atoms with van der Waals surface area (Å²) in [5, 5.41) is 8.90. The van der Waals surface area contributed by atoms with E-state index < -0.39 is 0 Å². The lowest BCUT2D eigenvalue weighted by Crippen LogP contribution is -2.31. The lowest BCUT2D eigenvalue weighted by Gasteiger charge is -2.23. The van der Waals surface area contributed by atoms with Crippen LogP contribution >= 0.6 is 0 Å². The van der Waals surface area contributed by atoms with E-state index in [1.165, 1.54) is 5.56 Å². The van der Waals surface area contributed by atoms with E-state index >= 15 is 0 Å². The molecule has 0 unspecified atom stereocenters. The van der Waals surface area contributed by atoms with Gasteiger partial charge in [0.25, 0.3) is 0 Å². The maximum absolute atomic E-state index is 11.7. The minimum atomic E-state index is -0.332. The number of aromatic nitrogens is 1. The van der Waals surface area contributed by atoms with Gasteiger partial charge in [0.15, 0.2) is 0 Å². The second-order valence-corrected chi connectivity index (χ2v) is 6.55. The number of carbonyl (C=O) groups is 1. The molecule has 1 aromatic heterocycles. The van der Waals surface area contributed by atoms with Crippen LogP contribution in [0.4, 0.5) is 5.82 Å². The molecule has 6 nitrogen and oxygen atoms in total. The normalized spacial score (nSPS) is 15.0. The van der Waals surface area contributed by atoms with Gasteiger partial charge in [-0.05, 0) is 43.2 Å². The molecule has 27 heavy (non-hydrogen) atoms. The molecular weight excluding hydrogens is 340 g/mol. The van der Waals surface area contributed by atoms with Crippen molar-refractivity contribution in [2.45, 2.75) is 19.9 Å².